The summed E-state index contributed by atoms with van der Waals surface area (Å²) in [5, 5.41) is 0. The van der Waals surface area contributed by atoms with Crippen molar-refractivity contribution in [3.05, 3.63) is 0 Å². The molecule has 0 amide bonds. The summed E-state index contributed by atoms with van der Waals surface area (Å²) in [5.41, 5.74) is 3.85. The first-order chi connectivity index (χ1) is 8.86. The summed E-state index contributed by atoms with van der Waals surface area (Å²) in [4.78, 5) is 0. The molecule has 0 aromatic heterocycles. The Hall–Kier alpha value is -0.0300. The van der Waals surface area contributed by atoms with E-state index in [0.29, 0.717) is 0 Å². The summed E-state index contributed by atoms with van der Waals surface area (Å²) in [7, 11) is -10.7. The number of hydrogen-bond acceptors (Lipinski definition) is 0. The summed E-state index contributed by atoms with van der Waals surface area (Å²) in [6.07, 6.45) is 14.2. The van der Waals surface area contributed by atoms with E-state index in [9.17, 15) is 25.2 Å². The van der Waals surface area contributed by atoms with E-state index in [1.54, 1.807) is 0 Å². The fourth-order valence-corrected chi connectivity index (χ4v) is 1.66. The number of halogens is 6. The van der Waals surface area contributed by atoms with E-state index in [2.05, 4.69) is 12.7 Å². The molecule has 0 aliphatic heterocycles. The maximum absolute atomic E-state index is 10.7. The molecular weight excluding hydrogens is 303 g/mol. The Bertz CT molecular complexity index is 204. The van der Waals surface area contributed by atoms with Gasteiger partial charge in [0, 0.05) is 0 Å². The molecule has 0 aromatic carbocycles. The third-order valence-corrected chi connectivity index (χ3v) is 2.60. The molecule has 3 N–H and O–H groups in total. The second-order valence-corrected chi connectivity index (χ2v) is 6.91. The SMILES string of the molecule is CCCCCCCCCCCC[NH3+].F[P-](F)(F)(F)(F)F. The van der Waals surface area contributed by atoms with Gasteiger partial charge in [0.25, 0.3) is 0 Å². The molecule has 0 aromatic rings. The summed E-state index contributed by atoms with van der Waals surface area (Å²) >= 11 is 0. The molecule has 0 unspecified atom stereocenters. The van der Waals surface area contributed by atoms with E-state index in [4.69, 9.17) is 0 Å². The molecule has 20 heavy (non-hydrogen) atoms. The first kappa shape index (κ1) is 22.3. The number of quaternary nitrogens is 1. The standard InChI is InChI=1S/C12H27N.F6P/c1-2-3-4-5-6-7-8-9-10-11-12-13;1-7(2,3,4,5)6/h2-13H2,1H3;/q;-1/p+1. The van der Waals surface area contributed by atoms with Crippen molar-refractivity contribution in [2.75, 3.05) is 6.54 Å². The van der Waals surface area contributed by atoms with Gasteiger partial charge in [-0.25, -0.2) is 0 Å². The Morgan fingerprint density at radius 2 is 0.850 bits per heavy atom. The third-order valence-electron chi connectivity index (χ3n) is 2.60. The van der Waals surface area contributed by atoms with Gasteiger partial charge in [-0.3, -0.25) is 0 Å². The zero-order valence-electron chi connectivity index (χ0n) is 12.2. The van der Waals surface area contributed by atoms with Crippen LogP contribution in [-0.2, 0) is 0 Å². The van der Waals surface area contributed by atoms with Crippen LogP contribution in [0.15, 0.2) is 0 Å². The van der Waals surface area contributed by atoms with Crippen molar-refractivity contribution in [3.8, 4) is 0 Å². The molecule has 0 heterocycles. The van der Waals surface area contributed by atoms with Gasteiger partial charge in [-0.05, 0) is 12.8 Å². The molecule has 128 valence electrons. The van der Waals surface area contributed by atoms with Gasteiger partial charge in [-0.15, -0.1) is 0 Å². The third kappa shape index (κ3) is 52.1. The van der Waals surface area contributed by atoms with Crippen LogP contribution < -0.4 is 5.73 Å². The van der Waals surface area contributed by atoms with Gasteiger partial charge in [0.1, 0.15) is 0 Å². The molecule has 0 saturated heterocycles. The van der Waals surface area contributed by atoms with Crippen LogP contribution in [0.3, 0.4) is 0 Å². The second-order valence-electron chi connectivity index (χ2n) is 4.99. The van der Waals surface area contributed by atoms with Gasteiger partial charge >= 0.3 is 33.0 Å². The molecular formula is C12H28F6NP. The van der Waals surface area contributed by atoms with Crippen molar-refractivity contribution in [1.29, 1.82) is 0 Å². The molecule has 0 bridgehead atoms. The number of hydrogen-bond donors (Lipinski definition) is 1. The first-order valence-electron chi connectivity index (χ1n) is 7.22. The van der Waals surface area contributed by atoms with E-state index in [1.165, 1.54) is 64.2 Å². The summed E-state index contributed by atoms with van der Waals surface area (Å²) < 4.78 is 59.2. The fourth-order valence-electron chi connectivity index (χ4n) is 1.66. The molecule has 0 atom stereocenters. The molecule has 1 nitrogen and oxygen atoms in total. The van der Waals surface area contributed by atoms with Crippen LogP contribution in [0, 0.1) is 0 Å². The van der Waals surface area contributed by atoms with Crippen LogP contribution in [0.2, 0.25) is 0 Å². The van der Waals surface area contributed by atoms with E-state index < -0.39 is 7.81 Å². The van der Waals surface area contributed by atoms with Crippen molar-refractivity contribution < 1.29 is 30.9 Å². The number of rotatable bonds is 10. The van der Waals surface area contributed by atoms with Gasteiger partial charge in [0.2, 0.25) is 0 Å². The first-order valence-corrected chi connectivity index (χ1v) is 9.25. The molecule has 0 aliphatic rings. The molecule has 0 fully saturated rings. The Balaban J connectivity index is 0. The maximum atomic E-state index is 9.87. The predicted molar refractivity (Wildman–Crippen MR) is 73.2 cm³/mol. The Morgan fingerprint density at radius 1 is 0.600 bits per heavy atom. The average molecular weight is 331 g/mol. The minimum absolute atomic E-state index is 1.12. The van der Waals surface area contributed by atoms with E-state index in [1.807, 2.05) is 0 Å². The molecule has 0 rings (SSSR count). The normalized spacial score (nSPS) is 15.0. The Labute approximate surface area is 117 Å². The van der Waals surface area contributed by atoms with Gasteiger partial charge < -0.3 is 5.73 Å². The van der Waals surface area contributed by atoms with Crippen molar-refractivity contribution in [2.45, 2.75) is 71.1 Å². The number of unbranched alkanes of at least 4 members (excludes halogenated alkanes) is 9. The second kappa shape index (κ2) is 9.08. The Kier molecular flexibility index (Phi) is 10.1. The van der Waals surface area contributed by atoms with Crippen LogP contribution in [0.1, 0.15) is 71.1 Å². The zero-order chi connectivity index (χ0) is 16.2. The van der Waals surface area contributed by atoms with Gasteiger partial charge in [0.15, 0.2) is 0 Å². The van der Waals surface area contributed by atoms with Crippen molar-refractivity contribution in [3.63, 3.8) is 0 Å². The average Bonchev–Trinajstić information content (AvgIpc) is 2.23. The fraction of sp³-hybridized carbons (Fsp3) is 1.00. The van der Waals surface area contributed by atoms with Crippen LogP contribution >= 0.6 is 7.81 Å². The monoisotopic (exact) mass is 331 g/mol. The van der Waals surface area contributed by atoms with Gasteiger partial charge in [-0.2, -0.15) is 0 Å². The van der Waals surface area contributed by atoms with Crippen LogP contribution in [0.5, 0.6) is 0 Å². The van der Waals surface area contributed by atoms with Gasteiger partial charge in [0.05, 0.1) is 6.54 Å². The van der Waals surface area contributed by atoms with Crippen LogP contribution in [-0.4, -0.2) is 6.54 Å². The zero-order valence-corrected chi connectivity index (χ0v) is 13.1. The molecule has 8 heteroatoms. The Morgan fingerprint density at radius 3 is 1.10 bits per heavy atom. The van der Waals surface area contributed by atoms with Crippen LogP contribution in [0.4, 0.5) is 25.2 Å². The quantitative estimate of drug-likeness (QED) is 0.268. The van der Waals surface area contributed by atoms with Crippen molar-refractivity contribution in [1.82, 2.24) is 0 Å². The summed E-state index contributed by atoms with van der Waals surface area (Å²) in [5.74, 6) is 0. The van der Waals surface area contributed by atoms with Crippen LogP contribution in [0.25, 0.3) is 0 Å². The molecule has 0 saturated carbocycles. The topological polar surface area (TPSA) is 27.6 Å². The predicted octanol–water partition coefficient (Wildman–Crippen LogP) is 6.53. The van der Waals surface area contributed by atoms with Crippen molar-refractivity contribution in [2.24, 2.45) is 0 Å². The van der Waals surface area contributed by atoms with E-state index in [0.717, 1.165) is 6.54 Å². The summed E-state index contributed by atoms with van der Waals surface area (Å²) in [6, 6.07) is 0. The minimum atomic E-state index is -10.7. The summed E-state index contributed by atoms with van der Waals surface area (Å²) in [6.45, 7) is 3.40. The van der Waals surface area contributed by atoms with E-state index in [-0.39, 0.29) is 0 Å². The molecule has 0 radical (unpaired) electrons. The van der Waals surface area contributed by atoms with Gasteiger partial charge in [-0.1, -0.05) is 58.3 Å². The molecule has 0 spiro atoms. The van der Waals surface area contributed by atoms with Crippen molar-refractivity contribution >= 4 is 7.81 Å². The van der Waals surface area contributed by atoms with E-state index >= 15 is 0 Å². The molecule has 0 aliphatic carbocycles.